The van der Waals surface area contributed by atoms with Gasteiger partial charge in [0.15, 0.2) is 11.5 Å². The molecule has 0 saturated heterocycles. The van der Waals surface area contributed by atoms with Crippen LogP contribution in [0.2, 0.25) is 0 Å². The molecular formula is C16H15NO3. The predicted molar refractivity (Wildman–Crippen MR) is 74.4 cm³/mol. The fourth-order valence-electron chi connectivity index (χ4n) is 1.82. The highest BCUT2D eigenvalue weighted by molar-refractivity contribution is 5.43. The van der Waals surface area contributed by atoms with Crippen molar-refractivity contribution in [2.75, 3.05) is 7.11 Å². The van der Waals surface area contributed by atoms with Crippen LogP contribution < -0.4 is 9.47 Å². The van der Waals surface area contributed by atoms with Crippen LogP contribution in [0.25, 0.3) is 0 Å². The van der Waals surface area contributed by atoms with Crippen LogP contribution in [0.3, 0.4) is 0 Å². The molecule has 1 N–H and O–H groups in total. The Kier molecular flexibility index (Phi) is 4.59. The van der Waals surface area contributed by atoms with E-state index >= 15 is 0 Å². The molecule has 0 unspecified atom stereocenters. The summed E-state index contributed by atoms with van der Waals surface area (Å²) in [6, 6.07) is 14.6. The van der Waals surface area contributed by atoms with Gasteiger partial charge in [0.25, 0.3) is 0 Å². The van der Waals surface area contributed by atoms with Crippen LogP contribution in [0.5, 0.6) is 11.5 Å². The summed E-state index contributed by atoms with van der Waals surface area (Å²) in [7, 11) is 1.56. The van der Waals surface area contributed by atoms with Crippen LogP contribution in [-0.4, -0.2) is 12.2 Å². The van der Waals surface area contributed by atoms with E-state index in [4.69, 9.17) is 19.8 Å². The topological polar surface area (TPSA) is 62.5 Å². The maximum absolute atomic E-state index is 9.09. The van der Waals surface area contributed by atoms with Gasteiger partial charge in [-0.3, -0.25) is 0 Å². The smallest absolute Gasteiger partial charge is 0.161 e. The normalized spacial score (nSPS) is 9.85. The van der Waals surface area contributed by atoms with Crippen molar-refractivity contribution >= 4 is 0 Å². The summed E-state index contributed by atoms with van der Waals surface area (Å²) in [5.41, 5.74) is 2.28. The molecule has 0 aromatic heterocycles. The number of aliphatic hydroxyl groups is 1. The molecule has 20 heavy (non-hydrogen) atoms. The number of hydrogen-bond donors (Lipinski definition) is 1. The summed E-state index contributed by atoms with van der Waals surface area (Å²) in [6.45, 7) is 0.311. The average molecular weight is 269 g/mol. The van der Waals surface area contributed by atoms with Gasteiger partial charge in [-0.1, -0.05) is 18.2 Å². The summed E-state index contributed by atoms with van der Waals surface area (Å²) in [4.78, 5) is 0. The number of methoxy groups -OCH3 is 1. The first-order chi connectivity index (χ1) is 9.76. The Morgan fingerprint density at radius 1 is 1.10 bits per heavy atom. The lowest BCUT2D eigenvalue weighted by Crippen LogP contribution is -1.98. The molecule has 0 aliphatic carbocycles. The van der Waals surface area contributed by atoms with Gasteiger partial charge in [-0.2, -0.15) is 5.26 Å². The van der Waals surface area contributed by atoms with Crippen molar-refractivity contribution in [2.45, 2.75) is 13.2 Å². The number of hydrogen-bond acceptors (Lipinski definition) is 4. The van der Waals surface area contributed by atoms with E-state index in [1.807, 2.05) is 12.1 Å². The number of nitriles is 1. The molecule has 0 radical (unpaired) electrons. The molecule has 0 atom stereocenters. The van der Waals surface area contributed by atoms with Gasteiger partial charge in [-0.15, -0.1) is 0 Å². The summed E-state index contributed by atoms with van der Waals surface area (Å²) in [5, 5.41) is 17.9. The minimum atomic E-state index is -0.0408. The number of nitrogens with zero attached hydrogens (tertiary/aromatic N) is 1. The fraction of sp³-hybridized carbons (Fsp3) is 0.188. The maximum Gasteiger partial charge on any atom is 0.161 e. The van der Waals surface area contributed by atoms with E-state index in [0.717, 1.165) is 11.1 Å². The zero-order valence-corrected chi connectivity index (χ0v) is 11.2. The largest absolute Gasteiger partial charge is 0.493 e. The van der Waals surface area contributed by atoms with Crippen LogP contribution in [0.4, 0.5) is 0 Å². The van der Waals surface area contributed by atoms with Gasteiger partial charge in [-0.05, 0) is 35.4 Å². The zero-order valence-electron chi connectivity index (χ0n) is 11.2. The SMILES string of the molecule is COc1cc(CO)ccc1OCc1cccc(C#N)c1. The Balaban J connectivity index is 2.12. The molecule has 4 nitrogen and oxygen atoms in total. The van der Waals surface area contributed by atoms with Gasteiger partial charge in [0.1, 0.15) is 6.61 Å². The molecule has 0 aliphatic heterocycles. The minimum Gasteiger partial charge on any atom is -0.493 e. The third-order valence-corrected chi connectivity index (χ3v) is 2.86. The van der Waals surface area contributed by atoms with Gasteiger partial charge in [0.2, 0.25) is 0 Å². The summed E-state index contributed by atoms with van der Waals surface area (Å²) < 4.78 is 10.9. The van der Waals surface area contributed by atoms with Crippen LogP contribution in [0.1, 0.15) is 16.7 Å². The molecule has 4 heteroatoms. The lowest BCUT2D eigenvalue weighted by Gasteiger charge is -2.11. The van der Waals surface area contributed by atoms with Crippen molar-refractivity contribution in [1.29, 1.82) is 5.26 Å². The predicted octanol–water partition coefficient (Wildman–Crippen LogP) is 2.64. The minimum absolute atomic E-state index is 0.0408. The van der Waals surface area contributed by atoms with Crippen molar-refractivity contribution in [1.82, 2.24) is 0 Å². The molecule has 2 rings (SSSR count). The van der Waals surface area contributed by atoms with Crippen molar-refractivity contribution in [2.24, 2.45) is 0 Å². The first-order valence-corrected chi connectivity index (χ1v) is 6.16. The lowest BCUT2D eigenvalue weighted by molar-refractivity contribution is 0.274. The Bertz CT molecular complexity index is 632. The maximum atomic E-state index is 9.09. The second-order valence-corrected chi connectivity index (χ2v) is 4.24. The molecule has 0 amide bonds. The molecule has 0 heterocycles. The molecule has 0 spiro atoms. The third-order valence-electron chi connectivity index (χ3n) is 2.86. The lowest BCUT2D eigenvalue weighted by atomic mass is 10.1. The summed E-state index contributed by atoms with van der Waals surface area (Å²) >= 11 is 0. The van der Waals surface area contributed by atoms with Crippen molar-refractivity contribution in [3.8, 4) is 17.6 Å². The van der Waals surface area contributed by atoms with Crippen molar-refractivity contribution < 1.29 is 14.6 Å². The van der Waals surface area contributed by atoms with Gasteiger partial charge < -0.3 is 14.6 Å². The van der Waals surface area contributed by atoms with Crippen molar-refractivity contribution in [3.63, 3.8) is 0 Å². The quantitative estimate of drug-likeness (QED) is 0.906. The van der Waals surface area contributed by atoms with Gasteiger partial charge in [0.05, 0.1) is 25.3 Å². The monoisotopic (exact) mass is 269 g/mol. The van der Waals surface area contributed by atoms with E-state index in [2.05, 4.69) is 6.07 Å². The van der Waals surface area contributed by atoms with Gasteiger partial charge in [0, 0.05) is 0 Å². The van der Waals surface area contributed by atoms with E-state index in [0.29, 0.717) is 23.7 Å². The molecule has 102 valence electrons. The van der Waals surface area contributed by atoms with E-state index in [-0.39, 0.29) is 6.61 Å². The van der Waals surface area contributed by atoms with Gasteiger partial charge in [-0.25, -0.2) is 0 Å². The first kappa shape index (κ1) is 13.9. The van der Waals surface area contributed by atoms with E-state index in [1.165, 1.54) is 0 Å². The Hall–Kier alpha value is -2.51. The molecule has 0 fully saturated rings. The first-order valence-electron chi connectivity index (χ1n) is 6.16. The van der Waals surface area contributed by atoms with E-state index in [1.54, 1.807) is 37.4 Å². The molecule has 0 aliphatic rings. The van der Waals surface area contributed by atoms with Crippen LogP contribution in [-0.2, 0) is 13.2 Å². The zero-order chi connectivity index (χ0) is 14.4. The Morgan fingerprint density at radius 2 is 1.95 bits per heavy atom. The summed E-state index contributed by atoms with van der Waals surface area (Å²) in [6.07, 6.45) is 0. The Morgan fingerprint density at radius 3 is 2.65 bits per heavy atom. The number of aliphatic hydroxyl groups excluding tert-OH is 1. The highest BCUT2D eigenvalue weighted by atomic mass is 16.5. The van der Waals surface area contributed by atoms with Gasteiger partial charge >= 0.3 is 0 Å². The molecule has 2 aromatic rings. The molecule has 0 bridgehead atoms. The highest BCUT2D eigenvalue weighted by Crippen LogP contribution is 2.28. The van der Waals surface area contributed by atoms with E-state index < -0.39 is 0 Å². The molecular weight excluding hydrogens is 254 g/mol. The number of rotatable bonds is 5. The highest BCUT2D eigenvalue weighted by Gasteiger charge is 2.06. The van der Waals surface area contributed by atoms with Crippen LogP contribution in [0, 0.1) is 11.3 Å². The van der Waals surface area contributed by atoms with Crippen LogP contribution in [0.15, 0.2) is 42.5 Å². The summed E-state index contributed by atoms with van der Waals surface area (Å²) in [5.74, 6) is 1.18. The molecule has 2 aromatic carbocycles. The second kappa shape index (κ2) is 6.60. The standard InChI is InChI=1S/C16H15NO3/c1-19-16-8-13(10-18)5-6-15(16)20-11-14-4-2-3-12(7-14)9-17/h2-8,18H,10-11H2,1H3. The van der Waals surface area contributed by atoms with Crippen molar-refractivity contribution in [3.05, 3.63) is 59.2 Å². The van der Waals surface area contributed by atoms with E-state index in [9.17, 15) is 0 Å². The third kappa shape index (κ3) is 3.28. The number of benzene rings is 2. The Labute approximate surface area is 117 Å². The van der Waals surface area contributed by atoms with Crippen LogP contribution >= 0.6 is 0 Å². The average Bonchev–Trinajstić information content (AvgIpc) is 2.52. The second-order valence-electron chi connectivity index (χ2n) is 4.24. The number of ether oxygens (including phenoxy) is 2. The fourth-order valence-corrected chi connectivity index (χ4v) is 1.82. The molecule has 0 saturated carbocycles.